The number of aromatic nitrogens is 7. The molecule has 1 saturated heterocycles. The number of benzene rings is 1. The minimum absolute atomic E-state index is 0.207. The largest absolute Gasteiger partial charge is 0.483 e. The molecule has 0 spiro atoms. The van der Waals surface area contributed by atoms with E-state index in [1.807, 2.05) is 24.4 Å². The Hall–Kier alpha value is -3.11. The average molecular weight is 430 g/mol. The summed E-state index contributed by atoms with van der Waals surface area (Å²) >= 11 is 6.29. The lowest BCUT2D eigenvalue weighted by Crippen LogP contribution is -2.27. The van der Waals surface area contributed by atoms with Gasteiger partial charge >= 0.3 is 0 Å². The van der Waals surface area contributed by atoms with Crippen LogP contribution in [0, 0.1) is 0 Å². The zero-order chi connectivity index (χ0) is 21.1. The van der Waals surface area contributed by atoms with Gasteiger partial charge in [0.05, 0.1) is 23.3 Å². The molecule has 1 aliphatic rings. The maximum Gasteiger partial charge on any atom is 0.290 e. The van der Waals surface area contributed by atoms with E-state index >= 15 is 0 Å². The topological polar surface area (TPSA) is 121 Å². The molecule has 10 nitrogen and oxygen atoms in total. The monoisotopic (exact) mass is 429 g/mol. The van der Waals surface area contributed by atoms with Gasteiger partial charge in [-0.25, -0.2) is 9.67 Å². The molecule has 30 heavy (non-hydrogen) atoms. The first-order valence-corrected chi connectivity index (χ1v) is 9.83. The third-order valence-electron chi connectivity index (χ3n) is 5.07. The standard InChI is InChI=1S/C18H18ClN7O.CH2O2/c1-11-6-13(4-5-27-11)26-17(9-25-10-21-23-24-25)22-16-8-20-15-3-2-12(19)7-14(15)18(16)26;2-1-3/h2-3,7-8,10-11,13H,4-6,9H2,1H3;1H,(H,2,3)/t11-,13-;/m1./s1. The Morgan fingerprint density at radius 2 is 2.20 bits per heavy atom. The molecule has 0 saturated carbocycles. The molecule has 156 valence electrons. The average Bonchev–Trinajstić information content (AvgIpc) is 3.36. The number of nitrogens with zero attached hydrogens (tertiary/aromatic N) is 7. The molecule has 1 N–H and O–H groups in total. The molecule has 1 aromatic carbocycles. The smallest absolute Gasteiger partial charge is 0.290 e. The first-order valence-electron chi connectivity index (χ1n) is 9.46. The predicted octanol–water partition coefficient (Wildman–Crippen LogP) is 2.71. The van der Waals surface area contributed by atoms with E-state index < -0.39 is 0 Å². The fraction of sp³-hybridized carbons (Fsp3) is 0.368. The van der Waals surface area contributed by atoms with Crippen LogP contribution in [0.2, 0.25) is 5.02 Å². The van der Waals surface area contributed by atoms with Gasteiger partial charge < -0.3 is 14.4 Å². The quantitative estimate of drug-likeness (QED) is 0.493. The molecule has 0 radical (unpaired) electrons. The van der Waals surface area contributed by atoms with Crippen LogP contribution in [0.25, 0.3) is 21.9 Å². The van der Waals surface area contributed by atoms with Crippen molar-refractivity contribution in [3.8, 4) is 0 Å². The lowest BCUT2D eigenvalue weighted by Gasteiger charge is -2.30. The third-order valence-corrected chi connectivity index (χ3v) is 5.30. The van der Waals surface area contributed by atoms with E-state index in [2.05, 4.69) is 32.0 Å². The Labute approximate surface area is 176 Å². The van der Waals surface area contributed by atoms with Crippen LogP contribution in [0.4, 0.5) is 0 Å². The molecule has 5 rings (SSSR count). The van der Waals surface area contributed by atoms with Gasteiger partial charge in [0.1, 0.15) is 24.2 Å². The van der Waals surface area contributed by atoms with Gasteiger partial charge in [0.15, 0.2) is 0 Å². The second-order valence-electron chi connectivity index (χ2n) is 7.02. The van der Waals surface area contributed by atoms with Crippen molar-refractivity contribution in [1.29, 1.82) is 0 Å². The van der Waals surface area contributed by atoms with Gasteiger partial charge in [-0.15, -0.1) is 5.10 Å². The first kappa shape index (κ1) is 20.2. The molecule has 1 aliphatic heterocycles. The number of hydrogen-bond donors (Lipinski definition) is 1. The molecule has 3 aromatic heterocycles. The Balaban J connectivity index is 0.000000687. The minimum Gasteiger partial charge on any atom is -0.483 e. The Morgan fingerprint density at radius 1 is 1.37 bits per heavy atom. The molecule has 4 heterocycles. The SMILES string of the molecule is C[C@@H]1C[C@H](n2c(Cn3cnnn3)nc3cnc4ccc(Cl)cc4c32)CCO1.O=CO. The predicted molar refractivity (Wildman–Crippen MR) is 109 cm³/mol. The van der Waals surface area contributed by atoms with Crippen molar-refractivity contribution < 1.29 is 14.6 Å². The highest BCUT2D eigenvalue weighted by atomic mass is 35.5. The fourth-order valence-electron chi connectivity index (χ4n) is 3.91. The van der Waals surface area contributed by atoms with Crippen molar-refractivity contribution in [2.45, 2.75) is 38.5 Å². The van der Waals surface area contributed by atoms with Crippen LogP contribution in [0.5, 0.6) is 0 Å². The molecule has 4 aromatic rings. The molecule has 0 bridgehead atoms. The van der Waals surface area contributed by atoms with E-state index in [1.165, 1.54) is 0 Å². The van der Waals surface area contributed by atoms with E-state index in [-0.39, 0.29) is 18.6 Å². The van der Waals surface area contributed by atoms with Crippen LogP contribution in [0.1, 0.15) is 31.6 Å². The summed E-state index contributed by atoms with van der Waals surface area (Å²) in [6.07, 6.45) is 5.50. The lowest BCUT2D eigenvalue weighted by molar-refractivity contribution is -0.122. The summed E-state index contributed by atoms with van der Waals surface area (Å²) in [6, 6.07) is 6.06. The van der Waals surface area contributed by atoms with Crippen LogP contribution in [0.15, 0.2) is 30.7 Å². The molecule has 1 fully saturated rings. The summed E-state index contributed by atoms with van der Waals surface area (Å²) in [6.45, 7) is 3.10. The summed E-state index contributed by atoms with van der Waals surface area (Å²) in [4.78, 5) is 17.8. The Bertz CT molecular complexity index is 1160. The summed E-state index contributed by atoms with van der Waals surface area (Å²) in [5, 5.41) is 20.1. The number of pyridine rings is 1. The van der Waals surface area contributed by atoms with E-state index in [4.69, 9.17) is 31.2 Å². The van der Waals surface area contributed by atoms with Gasteiger partial charge in [0, 0.05) is 23.1 Å². The maximum atomic E-state index is 8.36. The second kappa shape index (κ2) is 8.72. The molecule has 0 aliphatic carbocycles. The lowest BCUT2D eigenvalue weighted by atomic mass is 10.0. The number of carbonyl (C=O) groups is 1. The first-order chi connectivity index (χ1) is 14.6. The Morgan fingerprint density at radius 3 is 2.93 bits per heavy atom. The third kappa shape index (κ3) is 3.96. The minimum atomic E-state index is -0.250. The number of rotatable bonds is 3. The van der Waals surface area contributed by atoms with E-state index in [0.717, 1.165) is 47.2 Å². The van der Waals surface area contributed by atoms with Crippen LogP contribution in [-0.2, 0) is 16.1 Å². The number of carboxylic acid groups (broad SMARTS) is 1. The summed E-state index contributed by atoms with van der Waals surface area (Å²) < 4.78 is 9.77. The van der Waals surface area contributed by atoms with Gasteiger partial charge in [-0.05, 0) is 48.4 Å². The van der Waals surface area contributed by atoms with Gasteiger partial charge in [0.25, 0.3) is 6.47 Å². The normalized spacial score (nSPS) is 18.9. The van der Waals surface area contributed by atoms with Crippen LogP contribution in [-0.4, -0.2) is 59.0 Å². The molecule has 0 unspecified atom stereocenters. The van der Waals surface area contributed by atoms with Crippen molar-refractivity contribution in [3.63, 3.8) is 0 Å². The highest BCUT2D eigenvalue weighted by Crippen LogP contribution is 2.34. The van der Waals surface area contributed by atoms with Crippen LogP contribution in [0.3, 0.4) is 0 Å². The summed E-state index contributed by atoms with van der Waals surface area (Å²) in [7, 11) is 0. The maximum absolute atomic E-state index is 8.36. The number of tetrazole rings is 1. The molecular weight excluding hydrogens is 410 g/mol. The summed E-state index contributed by atoms with van der Waals surface area (Å²) in [5.41, 5.74) is 2.82. The van der Waals surface area contributed by atoms with Crippen LogP contribution < -0.4 is 0 Å². The van der Waals surface area contributed by atoms with Crippen molar-refractivity contribution >= 4 is 40.0 Å². The number of hydrogen-bond acceptors (Lipinski definition) is 7. The highest BCUT2D eigenvalue weighted by Gasteiger charge is 2.26. The zero-order valence-electron chi connectivity index (χ0n) is 16.2. The zero-order valence-corrected chi connectivity index (χ0v) is 17.0. The highest BCUT2D eigenvalue weighted by molar-refractivity contribution is 6.31. The van der Waals surface area contributed by atoms with Crippen molar-refractivity contribution in [2.24, 2.45) is 0 Å². The fourth-order valence-corrected chi connectivity index (χ4v) is 4.08. The number of halogens is 1. The molecular formula is C19H20ClN7O3. The van der Waals surface area contributed by atoms with Gasteiger partial charge in [-0.2, -0.15) is 0 Å². The van der Waals surface area contributed by atoms with Gasteiger partial charge in [-0.3, -0.25) is 9.78 Å². The van der Waals surface area contributed by atoms with Crippen molar-refractivity contribution in [1.82, 2.24) is 34.7 Å². The second-order valence-corrected chi connectivity index (χ2v) is 7.46. The number of fused-ring (bicyclic) bond motifs is 3. The Kier molecular flexibility index (Phi) is 5.86. The van der Waals surface area contributed by atoms with Gasteiger partial charge in [0.2, 0.25) is 0 Å². The van der Waals surface area contributed by atoms with E-state index in [1.54, 1.807) is 11.0 Å². The van der Waals surface area contributed by atoms with Crippen molar-refractivity contribution in [3.05, 3.63) is 41.6 Å². The number of ether oxygens (including phenoxy) is 1. The van der Waals surface area contributed by atoms with Crippen molar-refractivity contribution in [2.75, 3.05) is 6.61 Å². The molecule has 2 atom stereocenters. The molecule has 11 heteroatoms. The molecule has 0 amide bonds. The van der Waals surface area contributed by atoms with Gasteiger partial charge in [-0.1, -0.05) is 11.6 Å². The van der Waals surface area contributed by atoms with Crippen LogP contribution >= 0.6 is 11.6 Å². The van der Waals surface area contributed by atoms with E-state index in [0.29, 0.717) is 11.6 Å². The summed E-state index contributed by atoms with van der Waals surface area (Å²) in [5.74, 6) is 0.908. The van der Waals surface area contributed by atoms with E-state index in [9.17, 15) is 0 Å². The number of imidazole rings is 1.